The predicted octanol–water partition coefficient (Wildman–Crippen LogP) is 4.05. The molecule has 0 radical (unpaired) electrons. The van der Waals surface area contributed by atoms with Gasteiger partial charge < -0.3 is 14.5 Å². The molecule has 148 valence electrons. The fraction of sp³-hybridized carbons (Fsp3) is 0.0952. The minimum atomic E-state index is -3.85. The normalized spacial score (nSPS) is 11.4. The van der Waals surface area contributed by atoms with Crippen molar-refractivity contribution < 1.29 is 17.9 Å². The van der Waals surface area contributed by atoms with E-state index in [9.17, 15) is 8.42 Å². The number of hydrogen-bond donors (Lipinski definition) is 2. The van der Waals surface area contributed by atoms with Crippen molar-refractivity contribution in [3.63, 3.8) is 0 Å². The molecule has 0 aliphatic heterocycles. The van der Waals surface area contributed by atoms with Crippen LogP contribution in [0.25, 0.3) is 22.4 Å². The van der Waals surface area contributed by atoms with Crippen molar-refractivity contribution in [3.05, 3.63) is 66.7 Å². The molecule has 0 amide bonds. The van der Waals surface area contributed by atoms with Crippen LogP contribution in [0.15, 0.2) is 71.6 Å². The molecular formula is C21H19N3O4S. The van der Waals surface area contributed by atoms with Crippen molar-refractivity contribution >= 4 is 26.7 Å². The zero-order valence-electron chi connectivity index (χ0n) is 15.8. The minimum Gasteiger partial charge on any atom is -0.497 e. The molecule has 0 aliphatic carbocycles. The van der Waals surface area contributed by atoms with Crippen molar-refractivity contribution in [2.45, 2.75) is 4.90 Å². The summed E-state index contributed by atoms with van der Waals surface area (Å²) in [4.78, 5) is 7.82. The Bertz CT molecular complexity index is 1270. The maximum absolute atomic E-state index is 12.9. The Morgan fingerprint density at radius 3 is 2.45 bits per heavy atom. The van der Waals surface area contributed by atoms with E-state index in [1.165, 1.54) is 20.3 Å². The van der Waals surface area contributed by atoms with E-state index >= 15 is 0 Å². The maximum atomic E-state index is 12.9. The number of rotatable bonds is 6. The fourth-order valence-electron chi connectivity index (χ4n) is 2.99. The summed E-state index contributed by atoms with van der Waals surface area (Å²) >= 11 is 0. The van der Waals surface area contributed by atoms with Crippen molar-refractivity contribution in [3.8, 4) is 22.9 Å². The molecule has 0 atom stereocenters. The largest absolute Gasteiger partial charge is 0.497 e. The third kappa shape index (κ3) is 3.74. The molecule has 0 aliphatic rings. The van der Waals surface area contributed by atoms with Gasteiger partial charge in [-0.05, 0) is 30.3 Å². The summed E-state index contributed by atoms with van der Waals surface area (Å²) in [7, 11) is -0.867. The van der Waals surface area contributed by atoms with Crippen LogP contribution in [0.2, 0.25) is 0 Å². The van der Waals surface area contributed by atoms with Gasteiger partial charge in [0.15, 0.2) is 0 Å². The Kier molecular flexibility index (Phi) is 4.85. The quantitative estimate of drug-likeness (QED) is 0.501. The zero-order valence-corrected chi connectivity index (χ0v) is 16.7. The molecule has 0 unspecified atom stereocenters. The molecule has 0 spiro atoms. The van der Waals surface area contributed by atoms with E-state index in [0.29, 0.717) is 34.0 Å². The van der Waals surface area contributed by atoms with Crippen LogP contribution in [-0.2, 0) is 10.0 Å². The first-order valence-corrected chi connectivity index (χ1v) is 10.3. The Labute approximate surface area is 168 Å². The number of ether oxygens (including phenoxy) is 2. The van der Waals surface area contributed by atoms with Crippen LogP contribution in [-0.4, -0.2) is 32.6 Å². The summed E-state index contributed by atoms with van der Waals surface area (Å²) in [5, 5.41) is 0. The number of nitrogens with zero attached hydrogens (tertiary/aromatic N) is 1. The molecule has 7 nitrogen and oxygen atoms in total. The number of anilines is 1. The molecule has 1 heterocycles. The monoisotopic (exact) mass is 409 g/mol. The van der Waals surface area contributed by atoms with Gasteiger partial charge in [0.2, 0.25) is 0 Å². The molecular weight excluding hydrogens is 390 g/mol. The van der Waals surface area contributed by atoms with Crippen LogP contribution in [0, 0.1) is 0 Å². The summed E-state index contributed by atoms with van der Waals surface area (Å²) < 4.78 is 38.9. The first-order valence-electron chi connectivity index (χ1n) is 8.80. The van der Waals surface area contributed by atoms with E-state index in [1.807, 2.05) is 30.3 Å². The summed E-state index contributed by atoms with van der Waals surface area (Å²) in [5.74, 6) is 1.58. The van der Waals surface area contributed by atoms with Gasteiger partial charge in [0, 0.05) is 11.6 Å². The molecule has 0 bridgehead atoms. The highest BCUT2D eigenvalue weighted by Gasteiger charge is 2.18. The number of hydrogen-bond acceptors (Lipinski definition) is 5. The first-order chi connectivity index (χ1) is 14.0. The molecule has 0 saturated carbocycles. The number of aromatic nitrogens is 2. The summed E-state index contributed by atoms with van der Waals surface area (Å²) in [6.07, 6.45) is 0. The second-order valence-electron chi connectivity index (χ2n) is 6.30. The van der Waals surface area contributed by atoms with Gasteiger partial charge in [-0.25, -0.2) is 13.4 Å². The van der Waals surface area contributed by atoms with Crippen LogP contribution in [0.5, 0.6) is 11.5 Å². The van der Waals surface area contributed by atoms with Gasteiger partial charge in [0.25, 0.3) is 10.0 Å². The number of fused-ring (bicyclic) bond motifs is 1. The van der Waals surface area contributed by atoms with Crippen LogP contribution in [0.3, 0.4) is 0 Å². The van der Waals surface area contributed by atoms with Crippen molar-refractivity contribution in [1.29, 1.82) is 0 Å². The van der Waals surface area contributed by atoms with Gasteiger partial charge in [-0.2, -0.15) is 0 Å². The molecule has 1 aromatic heterocycles. The average molecular weight is 409 g/mol. The second kappa shape index (κ2) is 7.48. The lowest BCUT2D eigenvalue weighted by Crippen LogP contribution is -2.13. The van der Waals surface area contributed by atoms with Gasteiger partial charge in [0.1, 0.15) is 17.3 Å². The smallest absolute Gasteiger partial charge is 0.262 e. The summed E-state index contributed by atoms with van der Waals surface area (Å²) in [6, 6.07) is 19.3. The summed E-state index contributed by atoms with van der Waals surface area (Å²) in [5.41, 5.74) is 2.53. The predicted molar refractivity (Wildman–Crippen MR) is 112 cm³/mol. The van der Waals surface area contributed by atoms with Crippen LogP contribution < -0.4 is 14.2 Å². The molecule has 8 heteroatoms. The van der Waals surface area contributed by atoms with Gasteiger partial charge in [-0.1, -0.05) is 30.3 Å². The Morgan fingerprint density at radius 2 is 1.72 bits per heavy atom. The molecule has 0 saturated heterocycles. The van der Waals surface area contributed by atoms with E-state index in [0.717, 1.165) is 5.56 Å². The molecule has 4 rings (SSSR count). The van der Waals surface area contributed by atoms with Crippen molar-refractivity contribution in [2.24, 2.45) is 0 Å². The first kappa shape index (κ1) is 18.8. The van der Waals surface area contributed by atoms with E-state index < -0.39 is 10.0 Å². The number of imidazole rings is 1. The SMILES string of the molecule is COc1ccc(OC)c(NS(=O)(=O)c2ccc3nc(-c4ccccc4)[nH]c3c2)c1. The van der Waals surface area contributed by atoms with E-state index in [1.54, 1.807) is 30.3 Å². The highest BCUT2D eigenvalue weighted by molar-refractivity contribution is 7.92. The highest BCUT2D eigenvalue weighted by atomic mass is 32.2. The fourth-order valence-corrected chi connectivity index (χ4v) is 4.07. The lowest BCUT2D eigenvalue weighted by Gasteiger charge is -2.13. The topological polar surface area (TPSA) is 93.3 Å². The van der Waals surface area contributed by atoms with Gasteiger partial charge in [0.05, 0.1) is 35.8 Å². The van der Waals surface area contributed by atoms with Crippen molar-refractivity contribution in [1.82, 2.24) is 9.97 Å². The van der Waals surface area contributed by atoms with Crippen LogP contribution in [0.1, 0.15) is 0 Å². The number of benzene rings is 3. The number of H-pyrrole nitrogens is 1. The molecule has 4 aromatic rings. The lowest BCUT2D eigenvalue weighted by molar-refractivity contribution is 0.405. The van der Waals surface area contributed by atoms with Crippen molar-refractivity contribution in [2.75, 3.05) is 18.9 Å². The van der Waals surface area contributed by atoms with E-state index in [2.05, 4.69) is 14.7 Å². The lowest BCUT2D eigenvalue weighted by atomic mass is 10.2. The molecule has 0 fully saturated rings. The number of nitrogens with one attached hydrogen (secondary N) is 2. The minimum absolute atomic E-state index is 0.109. The Morgan fingerprint density at radius 1 is 0.931 bits per heavy atom. The van der Waals surface area contributed by atoms with Crippen LogP contribution >= 0.6 is 0 Å². The number of aromatic amines is 1. The van der Waals surface area contributed by atoms with E-state index in [-0.39, 0.29) is 4.90 Å². The average Bonchev–Trinajstić information content (AvgIpc) is 3.17. The van der Waals surface area contributed by atoms with Crippen LogP contribution in [0.4, 0.5) is 5.69 Å². The Balaban J connectivity index is 1.70. The van der Waals surface area contributed by atoms with Gasteiger partial charge in [-0.15, -0.1) is 0 Å². The van der Waals surface area contributed by atoms with Gasteiger partial charge >= 0.3 is 0 Å². The maximum Gasteiger partial charge on any atom is 0.262 e. The number of methoxy groups -OCH3 is 2. The third-order valence-corrected chi connectivity index (χ3v) is 5.83. The summed E-state index contributed by atoms with van der Waals surface area (Å²) in [6.45, 7) is 0. The standard InChI is InChI=1S/C21H19N3O4S/c1-27-15-8-11-20(28-2)19(12-15)24-29(25,26)16-9-10-17-18(13-16)23-21(22-17)14-6-4-3-5-7-14/h3-13,24H,1-2H3,(H,22,23). The highest BCUT2D eigenvalue weighted by Crippen LogP contribution is 2.31. The number of sulfonamides is 1. The zero-order chi connectivity index (χ0) is 20.4. The van der Waals surface area contributed by atoms with E-state index in [4.69, 9.17) is 9.47 Å². The third-order valence-electron chi connectivity index (χ3n) is 4.46. The molecule has 29 heavy (non-hydrogen) atoms. The van der Waals surface area contributed by atoms with Gasteiger partial charge in [-0.3, -0.25) is 4.72 Å². The molecule has 3 aromatic carbocycles. The second-order valence-corrected chi connectivity index (χ2v) is 7.98. The molecule has 2 N–H and O–H groups in total. The Hall–Kier alpha value is -3.52.